The largest absolute Gasteiger partial charge is 0.477 e. The number of rotatable bonds is 7. The number of pyridine rings is 1. The van der Waals surface area contributed by atoms with Gasteiger partial charge in [-0.1, -0.05) is 11.6 Å². The van der Waals surface area contributed by atoms with Gasteiger partial charge in [-0.3, -0.25) is 0 Å². The van der Waals surface area contributed by atoms with Crippen LogP contribution in [0.2, 0.25) is 5.15 Å². The lowest BCUT2D eigenvalue weighted by molar-refractivity contribution is -0.189. The first-order valence-electron chi connectivity index (χ1n) is 10.3. The fourth-order valence-corrected chi connectivity index (χ4v) is 2.90. The number of carbonyl (C=O) groups is 1. The predicted molar refractivity (Wildman–Crippen MR) is 104 cm³/mol. The number of aromatic nitrogens is 3. The van der Waals surface area contributed by atoms with E-state index in [1.807, 2.05) is 0 Å². The highest BCUT2D eigenvalue weighted by molar-refractivity contribution is 6.32. The highest BCUT2D eigenvalue weighted by atomic mass is 35.5. The van der Waals surface area contributed by atoms with Crippen molar-refractivity contribution in [1.29, 1.82) is 0 Å². The third-order valence-corrected chi connectivity index (χ3v) is 4.78. The Labute approximate surface area is 180 Å². The summed E-state index contributed by atoms with van der Waals surface area (Å²) in [6.45, 7) is 4.60. The van der Waals surface area contributed by atoms with E-state index in [-0.39, 0.29) is 35.3 Å². The smallest absolute Gasteiger partial charge is 0.394 e. The summed E-state index contributed by atoms with van der Waals surface area (Å²) in [5, 5.41) is 4.00. The molecule has 0 saturated heterocycles. The lowest BCUT2D eigenvalue weighted by Crippen LogP contribution is -2.24. The molecule has 0 spiro atoms. The maximum Gasteiger partial charge on any atom is 0.394 e. The minimum Gasteiger partial charge on any atom is -0.477 e. The fraction of sp³-hybridized carbons (Fsp3) is 0.550. The zero-order chi connectivity index (χ0) is 23.9. The normalized spacial score (nSPS) is 17.2. The highest BCUT2D eigenvalue weighted by Crippen LogP contribution is 2.60. The SMILES string of the molecule is [2H]C([2H])(COc1ccn(-c2ccc(C(=O)OC(C)(C)C)c(Cl)n2)n1)CC1(C(F)(F)F)CC1. The molecule has 0 bridgehead atoms. The summed E-state index contributed by atoms with van der Waals surface area (Å²) >= 11 is 6.11. The van der Waals surface area contributed by atoms with Gasteiger partial charge in [0, 0.05) is 15.0 Å². The second-order valence-electron chi connectivity index (χ2n) is 8.10. The number of alkyl halides is 3. The molecule has 1 aliphatic carbocycles. The number of ether oxygens (including phenoxy) is 2. The van der Waals surface area contributed by atoms with E-state index in [0.29, 0.717) is 0 Å². The van der Waals surface area contributed by atoms with Crippen LogP contribution in [-0.4, -0.2) is 39.1 Å². The molecule has 1 fully saturated rings. The van der Waals surface area contributed by atoms with Gasteiger partial charge in [0.2, 0.25) is 5.88 Å². The lowest BCUT2D eigenvalue weighted by Gasteiger charge is -2.19. The molecule has 2 aromatic heterocycles. The summed E-state index contributed by atoms with van der Waals surface area (Å²) < 4.78 is 67.0. The van der Waals surface area contributed by atoms with Crippen molar-refractivity contribution in [2.24, 2.45) is 5.41 Å². The quantitative estimate of drug-likeness (QED) is 0.421. The van der Waals surface area contributed by atoms with Crippen LogP contribution in [0.1, 0.15) is 59.5 Å². The van der Waals surface area contributed by atoms with E-state index < -0.39 is 42.6 Å². The van der Waals surface area contributed by atoms with Crippen LogP contribution in [-0.2, 0) is 4.74 Å². The number of esters is 1. The van der Waals surface area contributed by atoms with Gasteiger partial charge in [0.1, 0.15) is 10.8 Å². The zero-order valence-corrected chi connectivity index (χ0v) is 17.5. The van der Waals surface area contributed by atoms with E-state index in [4.69, 9.17) is 23.8 Å². The fourth-order valence-electron chi connectivity index (χ4n) is 2.68. The Kier molecular flexibility index (Phi) is 5.30. The van der Waals surface area contributed by atoms with Crippen LogP contribution in [0.15, 0.2) is 24.4 Å². The Bertz CT molecular complexity index is 1000. The Hall–Kier alpha value is -2.29. The molecule has 6 nitrogen and oxygen atoms in total. The Balaban J connectivity index is 1.64. The van der Waals surface area contributed by atoms with Gasteiger partial charge in [-0.05, 0) is 58.5 Å². The number of halogens is 4. The van der Waals surface area contributed by atoms with Crippen LogP contribution < -0.4 is 4.74 Å². The van der Waals surface area contributed by atoms with Crippen molar-refractivity contribution in [3.05, 3.63) is 35.1 Å². The molecule has 3 rings (SSSR count). The van der Waals surface area contributed by atoms with E-state index in [9.17, 15) is 18.0 Å². The summed E-state index contributed by atoms with van der Waals surface area (Å²) in [4.78, 5) is 16.3. The monoisotopic (exact) mass is 447 g/mol. The summed E-state index contributed by atoms with van der Waals surface area (Å²) in [7, 11) is 0. The van der Waals surface area contributed by atoms with Gasteiger partial charge < -0.3 is 9.47 Å². The van der Waals surface area contributed by atoms with Crippen molar-refractivity contribution in [2.45, 2.75) is 58.2 Å². The van der Waals surface area contributed by atoms with Gasteiger partial charge in [0.15, 0.2) is 5.82 Å². The van der Waals surface area contributed by atoms with Crippen molar-refractivity contribution < 1.29 is 30.2 Å². The second kappa shape index (κ2) is 8.09. The van der Waals surface area contributed by atoms with Crippen LogP contribution >= 0.6 is 11.6 Å². The van der Waals surface area contributed by atoms with Crippen LogP contribution in [0.3, 0.4) is 0 Å². The molecule has 2 aromatic rings. The van der Waals surface area contributed by atoms with Gasteiger partial charge in [-0.25, -0.2) is 14.5 Å². The molecule has 10 heteroatoms. The van der Waals surface area contributed by atoms with E-state index in [0.717, 1.165) is 0 Å². The Morgan fingerprint density at radius 1 is 1.30 bits per heavy atom. The molecule has 0 unspecified atom stereocenters. The summed E-state index contributed by atoms with van der Waals surface area (Å²) in [5.41, 5.74) is -2.58. The highest BCUT2D eigenvalue weighted by Gasteiger charge is 2.62. The van der Waals surface area contributed by atoms with Crippen LogP contribution in [0, 0.1) is 5.41 Å². The first-order chi connectivity index (χ1) is 14.6. The molecular weight excluding hydrogens is 423 g/mol. The van der Waals surface area contributed by atoms with E-state index in [2.05, 4.69) is 10.1 Å². The van der Waals surface area contributed by atoms with Gasteiger partial charge >= 0.3 is 12.1 Å². The third-order valence-electron chi connectivity index (χ3n) is 4.49. The molecule has 2 heterocycles. The maximum absolute atomic E-state index is 13.1. The van der Waals surface area contributed by atoms with Crippen molar-refractivity contribution >= 4 is 17.6 Å². The topological polar surface area (TPSA) is 66.2 Å². The van der Waals surface area contributed by atoms with Crippen molar-refractivity contribution in [1.82, 2.24) is 14.8 Å². The van der Waals surface area contributed by atoms with Crippen molar-refractivity contribution in [2.75, 3.05) is 6.61 Å². The van der Waals surface area contributed by atoms with Gasteiger partial charge in [0.25, 0.3) is 0 Å². The Morgan fingerprint density at radius 2 is 2.00 bits per heavy atom. The standard InChI is InChI=1S/C20H23ClF3N3O3/c1-18(2,3)30-17(28)13-5-6-14(25-16(13)21)27-11-7-15(26-27)29-12-4-8-19(9-10-19)20(22,23)24/h5-7,11H,4,8-10,12H2,1-3H3/i4D2. The average Bonchev–Trinajstić information content (AvgIpc) is 3.25. The molecule has 0 atom stereocenters. The summed E-state index contributed by atoms with van der Waals surface area (Å²) in [5.74, 6) is -0.352. The third kappa shape index (κ3) is 5.24. The van der Waals surface area contributed by atoms with Crippen molar-refractivity contribution in [3.63, 3.8) is 0 Å². The molecular formula is C20H23ClF3N3O3. The predicted octanol–water partition coefficient (Wildman–Crippen LogP) is 5.38. The van der Waals surface area contributed by atoms with E-state index in [1.54, 1.807) is 20.8 Å². The molecule has 0 aliphatic heterocycles. The molecule has 1 saturated carbocycles. The van der Waals surface area contributed by atoms with Crippen LogP contribution in [0.5, 0.6) is 5.88 Å². The minimum absolute atomic E-state index is 0.0138. The van der Waals surface area contributed by atoms with Gasteiger partial charge in [0.05, 0.1) is 17.6 Å². The van der Waals surface area contributed by atoms with Crippen LogP contribution in [0.4, 0.5) is 13.2 Å². The van der Waals surface area contributed by atoms with Gasteiger partial charge in [-0.15, -0.1) is 5.10 Å². The van der Waals surface area contributed by atoms with Gasteiger partial charge in [-0.2, -0.15) is 13.2 Å². The number of carbonyl (C=O) groups excluding carboxylic acids is 1. The number of hydrogen-bond acceptors (Lipinski definition) is 5. The van der Waals surface area contributed by atoms with Crippen LogP contribution in [0.25, 0.3) is 5.82 Å². The van der Waals surface area contributed by atoms with E-state index >= 15 is 0 Å². The lowest BCUT2D eigenvalue weighted by atomic mass is 10.0. The number of hydrogen-bond donors (Lipinski definition) is 0. The van der Waals surface area contributed by atoms with Crippen molar-refractivity contribution in [3.8, 4) is 11.7 Å². The molecule has 0 amide bonds. The first kappa shape index (κ1) is 19.7. The minimum atomic E-state index is -4.43. The van der Waals surface area contributed by atoms with E-state index in [1.165, 1.54) is 29.1 Å². The molecule has 0 aromatic carbocycles. The molecule has 164 valence electrons. The molecule has 0 radical (unpaired) electrons. The summed E-state index contributed by atoms with van der Waals surface area (Å²) in [6.07, 6.45) is -5.94. The average molecular weight is 448 g/mol. The number of nitrogens with zero attached hydrogens (tertiary/aromatic N) is 3. The zero-order valence-electron chi connectivity index (χ0n) is 18.7. The molecule has 1 aliphatic rings. The molecule has 30 heavy (non-hydrogen) atoms. The Morgan fingerprint density at radius 3 is 2.57 bits per heavy atom. The molecule has 0 N–H and O–H groups in total. The second-order valence-corrected chi connectivity index (χ2v) is 8.46. The maximum atomic E-state index is 13.1. The first-order valence-corrected chi connectivity index (χ1v) is 9.64. The summed E-state index contributed by atoms with van der Waals surface area (Å²) in [6, 6.07) is 4.34.